The van der Waals surface area contributed by atoms with Crippen LogP contribution in [-0.4, -0.2) is 41.9 Å². The van der Waals surface area contributed by atoms with Gasteiger partial charge in [0.2, 0.25) is 0 Å². The molecule has 1 unspecified atom stereocenters. The van der Waals surface area contributed by atoms with E-state index in [-0.39, 0.29) is 11.6 Å². The third-order valence-corrected chi connectivity index (χ3v) is 5.28. The topological polar surface area (TPSA) is 81.7 Å². The zero-order valence-electron chi connectivity index (χ0n) is 15.0. The van der Waals surface area contributed by atoms with E-state index >= 15 is 0 Å². The fraction of sp³-hybridized carbons (Fsp3) is 0.421. The van der Waals surface area contributed by atoms with Crippen molar-refractivity contribution < 1.29 is 0 Å². The van der Waals surface area contributed by atoms with Crippen LogP contribution in [0.1, 0.15) is 37.4 Å². The molecule has 8 nitrogen and oxygen atoms in total. The molecule has 4 heterocycles. The molecule has 2 fully saturated rings. The molecule has 1 saturated heterocycles. The van der Waals surface area contributed by atoms with E-state index in [1.165, 1.54) is 12.8 Å². The van der Waals surface area contributed by atoms with Crippen molar-refractivity contribution in [1.29, 1.82) is 0 Å². The van der Waals surface area contributed by atoms with Gasteiger partial charge < -0.3 is 4.90 Å². The molecule has 0 spiro atoms. The minimum Gasteiger partial charge on any atom is -0.352 e. The van der Waals surface area contributed by atoms with Gasteiger partial charge in [-0.15, -0.1) is 0 Å². The first-order valence-corrected chi connectivity index (χ1v) is 9.44. The summed E-state index contributed by atoms with van der Waals surface area (Å²) in [7, 11) is 0. The van der Waals surface area contributed by atoms with Crippen LogP contribution in [0.4, 0.5) is 5.82 Å². The predicted molar refractivity (Wildman–Crippen MR) is 100.0 cm³/mol. The van der Waals surface area contributed by atoms with E-state index in [2.05, 4.69) is 20.0 Å². The number of aromatic nitrogens is 6. The average molecular weight is 363 g/mol. The van der Waals surface area contributed by atoms with Crippen LogP contribution in [0.25, 0.3) is 5.82 Å². The van der Waals surface area contributed by atoms with E-state index < -0.39 is 0 Å². The van der Waals surface area contributed by atoms with E-state index in [4.69, 9.17) is 4.98 Å². The van der Waals surface area contributed by atoms with Gasteiger partial charge in [-0.1, -0.05) is 0 Å². The van der Waals surface area contributed by atoms with Crippen LogP contribution in [0, 0.1) is 0 Å². The number of imidazole rings is 1. The summed E-state index contributed by atoms with van der Waals surface area (Å²) in [6.07, 6.45) is 11.5. The summed E-state index contributed by atoms with van der Waals surface area (Å²) in [5.74, 6) is 3.14. The van der Waals surface area contributed by atoms with E-state index in [1.54, 1.807) is 33.9 Å². The van der Waals surface area contributed by atoms with Gasteiger partial charge in [-0.2, -0.15) is 5.10 Å². The second-order valence-corrected chi connectivity index (χ2v) is 7.22. The largest absolute Gasteiger partial charge is 0.352 e. The molecule has 3 aromatic heterocycles. The minimum atomic E-state index is -0.0907. The van der Waals surface area contributed by atoms with Crippen LogP contribution in [0.2, 0.25) is 0 Å². The van der Waals surface area contributed by atoms with Crippen molar-refractivity contribution >= 4 is 5.82 Å². The van der Waals surface area contributed by atoms with Crippen molar-refractivity contribution in [3.63, 3.8) is 0 Å². The molecule has 0 aromatic carbocycles. The van der Waals surface area contributed by atoms with Gasteiger partial charge in [0.25, 0.3) is 5.56 Å². The second kappa shape index (κ2) is 6.61. The number of nitrogens with zero attached hydrogens (tertiary/aromatic N) is 7. The predicted octanol–water partition coefficient (Wildman–Crippen LogP) is 1.77. The summed E-state index contributed by atoms with van der Waals surface area (Å²) >= 11 is 0. The van der Waals surface area contributed by atoms with Crippen LogP contribution < -0.4 is 10.5 Å². The van der Waals surface area contributed by atoms with E-state index in [9.17, 15) is 4.79 Å². The lowest BCUT2D eigenvalue weighted by atomic mass is 10.2. The van der Waals surface area contributed by atoms with Crippen molar-refractivity contribution in [2.24, 2.45) is 0 Å². The minimum absolute atomic E-state index is 0.0907. The molecule has 0 N–H and O–H groups in total. The average Bonchev–Trinajstić information content (AvgIpc) is 3.20. The quantitative estimate of drug-likeness (QED) is 0.687. The number of hydrogen-bond donors (Lipinski definition) is 0. The van der Waals surface area contributed by atoms with Gasteiger partial charge in [0.15, 0.2) is 5.82 Å². The molecule has 1 aliphatic heterocycles. The maximum Gasteiger partial charge on any atom is 0.266 e. The van der Waals surface area contributed by atoms with Crippen molar-refractivity contribution in [2.75, 3.05) is 11.4 Å². The highest BCUT2D eigenvalue weighted by atomic mass is 16.1. The Morgan fingerprint density at radius 3 is 2.81 bits per heavy atom. The van der Waals surface area contributed by atoms with Gasteiger partial charge in [0, 0.05) is 37.1 Å². The molecule has 138 valence electrons. The zero-order valence-corrected chi connectivity index (χ0v) is 15.0. The smallest absolute Gasteiger partial charge is 0.266 e. The third-order valence-electron chi connectivity index (χ3n) is 5.28. The van der Waals surface area contributed by atoms with Crippen LogP contribution in [0.15, 0.2) is 47.9 Å². The van der Waals surface area contributed by atoms with Gasteiger partial charge in [-0.25, -0.2) is 19.6 Å². The highest BCUT2D eigenvalue weighted by molar-refractivity contribution is 5.41. The van der Waals surface area contributed by atoms with Crippen molar-refractivity contribution in [2.45, 2.75) is 44.2 Å². The summed E-state index contributed by atoms with van der Waals surface area (Å²) in [5, 5.41) is 4.53. The number of hydrogen-bond acceptors (Lipinski definition) is 6. The van der Waals surface area contributed by atoms with Crippen LogP contribution in [0.5, 0.6) is 0 Å². The Morgan fingerprint density at radius 2 is 2.00 bits per heavy atom. The van der Waals surface area contributed by atoms with Crippen LogP contribution in [-0.2, 0) is 6.54 Å². The lowest BCUT2D eigenvalue weighted by Crippen LogP contribution is -2.37. The van der Waals surface area contributed by atoms with Gasteiger partial charge >= 0.3 is 0 Å². The van der Waals surface area contributed by atoms with Crippen molar-refractivity contribution in [3.8, 4) is 5.82 Å². The summed E-state index contributed by atoms with van der Waals surface area (Å²) < 4.78 is 3.36. The standard InChI is InChI=1S/C19H21N7O/c27-18-6-5-17(24-11-9-20-13-24)23-26(18)12-15-2-1-10-25(15)16-7-8-21-19(22-16)14-3-4-14/h5-9,11,13-15H,1-4,10,12H2. The first-order chi connectivity index (χ1) is 13.3. The maximum atomic E-state index is 12.4. The molecule has 8 heteroatoms. The van der Waals surface area contributed by atoms with Crippen molar-refractivity contribution in [3.05, 3.63) is 59.3 Å². The van der Waals surface area contributed by atoms with Gasteiger partial charge in [0.05, 0.1) is 12.6 Å². The van der Waals surface area contributed by atoms with Crippen LogP contribution >= 0.6 is 0 Å². The lowest BCUT2D eigenvalue weighted by Gasteiger charge is -2.26. The Kier molecular flexibility index (Phi) is 3.95. The molecular weight excluding hydrogens is 342 g/mol. The van der Waals surface area contributed by atoms with Gasteiger partial charge in [0.1, 0.15) is 18.0 Å². The van der Waals surface area contributed by atoms with Crippen LogP contribution in [0.3, 0.4) is 0 Å². The first kappa shape index (κ1) is 16.2. The normalized spacial score (nSPS) is 19.6. The SMILES string of the molecule is O=c1ccc(-n2ccnc2)nn1CC1CCCN1c1ccnc(C2CC2)n1. The molecule has 1 aliphatic carbocycles. The fourth-order valence-corrected chi connectivity index (χ4v) is 3.69. The molecule has 1 saturated carbocycles. The summed E-state index contributed by atoms with van der Waals surface area (Å²) in [6.45, 7) is 1.49. The Balaban J connectivity index is 1.41. The first-order valence-electron chi connectivity index (χ1n) is 9.44. The molecule has 1 atom stereocenters. The van der Waals surface area contributed by atoms with Gasteiger partial charge in [-0.3, -0.25) is 9.36 Å². The maximum absolute atomic E-state index is 12.4. The van der Waals surface area contributed by atoms with E-state index in [0.717, 1.165) is 31.0 Å². The Bertz CT molecular complexity index is 993. The molecule has 27 heavy (non-hydrogen) atoms. The molecule has 5 rings (SSSR count). The monoisotopic (exact) mass is 363 g/mol. The fourth-order valence-electron chi connectivity index (χ4n) is 3.69. The van der Waals surface area contributed by atoms with E-state index in [0.29, 0.717) is 18.3 Å². The molecule has 0 bridgehead atoms. The Morgan fingerprint density at radius 1 is 1.07 bits per heavy atom. The van der Waals surface area contributed by atoms with Crippen molar-refractivity contribution in [1.82, 2.24) is 29.3 Å². The van der Waals surface area contributed by atoms with E-state index in [1.807, 2.05) is 18.5 Å². The molecule has 0 radical (unpaired) electrons. The second-order valence-electron chi connectivity index (χ2n) is 7.22. The molecule has 3 aromatic rings. The number of rotatable bonds is 5. The summed E-state index contributed by atoms with van der Waals surface area (Å²) in [5.41, 5.74) is -0.0907. The summed E-state index contributed by atoms with van der Waals surface area (Å²) in [4.78, 5) is 27.9. The van der Waals surface area contributed by atoms with Gasteiger partial charge in [-0.05, 0) is 37.8 Å². The Labute approximate surface area is 156 Å². The summed E-state index contributed by atoms with van der Waals surface area (Å²) in [6, 6.07) is 5.47. The highest BCUT2D eigenvalue weighted by Crippen LogP contribution is 2.38. The molecular formula is C19H21N7O. The molecule has 2 aliphatic rings. The Hall–Kier alpha value is -3.03. The lowest BCUT2D eigenvalue weighted by molar-refractivity contribution is 0.484. The third kappa shape index (κ3) is 3.22. The highest BCUT2D eigenvalue weighted by Gasteiger charge is 2.30. The zero-order chi connectivity index (χ0) is 18.2. The number of anilines is 1. The molecule has 0 amide bonds.